The van der Waals surface area contributed by atoms with Crippen LogP contribution in [0.1, 0.15) is 12.5 Å². The van der Waals surface area contributed by atoms with Crippen molar-refractivity contribution >= 4 is 11.6 Å². The summed E-state index contributed by atoms with van der Waals surface area (Å²) in [4.78, 5) is 13.6. The number of amides is 1. The summed E-state index contributed by atoms with van der Waals surface area (Å²) >= 11 is 0. The average Bonchev–Trinajstić information content (AvgIpc) is 2.74. The van der Waals surface area contributed by atoms with Gasteiger partial charge in [0.05, 0.1) is 0 Å². The van der Waals surface area contributed by atoms with Crippen molar-refractivity contribution in [3.8, 4) is 16.9 Å². The second-order valence-corrected chi connectivity index (χ2v) is 6.58. The molecular formula is C24H26N2O2. The van der Waals surface area contributed by atoms with Crippen LogP contribution in [0.5, 0.6) is 5.75 Å². The van der Waals surface area contributed by atoms with Crippen molar-refractivity contribution in [2.24, 2.45) is 0 Å². The molecule has 0 aromatic heterocycles. The van der Waals surface area contributed by atoms with Crippen LogP contribution < -0.4 is 15.0 Å². The van der Waals surface area contributed by atoms with Crippen molar-refractivity contribution in [2.45, 2.75) is 13.5 Å². The van der Waals surface area contributed by atoms with E-state index < -0.39 is 0 Å². The van der Waals surface area contributed by atoms with Gasteiger partial charge in [0.25, 0.3) is 0 Å². The molecule has 0 fully saturated rings. The Balaban J connectivity index is 1.70. The molecule has 1 N–H and O–H groups in total. The molecule has 3 aromatic carbocycles. The Kier molecular flexibility index (Phi) is 6.82. The maximum Gasteiger partial charge on any atom is 0.223 e. The van der Waals surface area contributed by atoms with Gasteiger partial charge in [-0.25, -0.2) is 0 Å². The predicted octanol–water partition coefficient (Wildman–Crippen LogP) is 4.50. The Morgan fingerprint density at radius 3 is 2.29 bits per heavy atom. The van der Waals surface area contributed by atoms with Gasteiger partial charge < -0.3 is 15.0 Å². The highest BCUT2D eigenvalue weighted by molar-refractivity contribution is 5.91. The molecule has 1 amide bonds. The molecule has 0 unspecified atom stereocenters. The number of carbonyl (C=O) groups is 1. The maximum atomic E-state index is 11.9. The van der Waals surface area contributed by atoms with E-state index in [4.69, 9.17) is 4.74 Å². The fraction of sp³-hybridized carbons (Fsp3) is 0.208. The lowest BCUT2D eigenvalue weighted by atomic mass is 10.0. The first kappa shape index (κ1) is 19.6. The molecule has 28 heavy (non-hydrogen) atoms. The standard InChI is InChI=1S/C24H26N2O2/c1-19(27)26(17-16-25-2)22-12-14-23(15-13-22)28-18-21-10-6-7-11-24(21)20-8-4-3-5-9-20/h3-15,25H,16-18H2,1-2H3. The highest BCUT2D eigenvalue weighted by atomic mass is 16.5. The second-order valence-electron chi connectivity index (χ2n) is 6.58. The molecule has 0 saturated carbocycles. The molecule has 3 aromatic rings. The first-order chi connectivity index (χ1) is 13.7. The number of carbonyl (C=O) groups excluding carboxylic acids is 1. The Hall–Kier alpha value is -3.11. The third-order valence-corrected chi connectivity index (χ3v) is 4.61. The van der Waals surface area contributed by atoms with Gasteiger partial charge in [0.15, 0.2) is 0 Å². The van der Waals surface area contributed by atoms with E-state index in [1.807, 2.05) is 61.6 Å². The first-order valence-electron chi connectivity index (χ1n) is 9.48. The summed E-state index contributed by atoms with van der Waals surface area (Å²) in [5.74, 6) is 0.810. The monoisotopic (exact) mass is 374 g/mol. The molecule has 0 spiro atoms. The summed E-state index contributed by atoms with van der Waals surface area (Å²) in [5, 5.41) is 3.07. The summed E-state index contributed by atoms with van der Waals surface area (Å²) in [6.07, 6.45) is 0. The van der Waals surface area contributed by atoms with Crippen LogP contribution in [0.25, 0.3) is 11.1 Å². The minimum atomic E-state index is 0.0284. The van der Waals surface area contributed by atoms with Crippen LogP contribution in [0.2, 0.25) is 0 Å². The summed E-state index contributed by atoms with van der Waals surface area (Å²) < 4.78 is 6.01. The number of hydrogen-bond donors (Lipinski definition) is 1. The van der Waals surface area contributed by atoms with Crippen LogP contribution in [0.15, 0.2) is 78.9 Å². The Labute approximate surface area is 166 Å². The molecule has 0 aliphatic rings. The number of likely N-dealkylation sites (N-methyl/N-ethyl adjacent to an activating group) is 1. The second kappa shape index (κ2) is 9.72. The Morgan fingerprint density at radius 1 is 0.929 bits per heavy atom. The largest absolute Gasteiger partial charge is 0.489 e. The molecule has 144 valence electrons. The van der Waals surface area contributed by atoms with Crippen molar-refractivity contribution in [1.82, 2.24) is 5.32 Å². The highest BCUT2D eigenvalue weighted by Crippen LogP contribution is 2.25. The number of nitrogens with zero attached hydrogens (tertiary/aromatic N) is 1. The first-order valence-corrected chi connectivity index (χ1v) is 9.48. The van der Waals surface area contributed by atoms with Crippen LogP contribution >= 0.6 is 0 Å². The van der Waals surface area contributed by atoms with E-state index in [1.54, 1.807) is 11.8 Å². The normalized spacial score (nSPS) is 10.5. The summed E-state index contributed by atoms with van der Waals surface area (Å²) in [5.41, 5.74) is 4.37. The van der Waals surface area contributed by atoms with Crippen molar-refractivity contribution in [3.63, 3.8) is 0 Å². The zero-order valence-corrected chi connectivity index (χ0v) is 16.4. The molecule has 0 saturated heterocycles. The van der Waals surface area contributed by atoms with Gasteiger partial charge in [-0.2, -0.15) is 0 Å². The van der Waals surface area contributed by atoms with Gasteiger partial charge in [0.2, 0.25) is 5.91 Å². The lowest BCUT2D eigenvalue weighted by molar-refractivity contribution is -0.116. The zero-order chi connectivity index (χ0) is 19.8. The molecule has 4 nitrogen and oxygen atoms in total. The number of rotatable bonds is 8. The molecular weight excluding hydrogens is 348 g/mol. The fourth-order valence-electron chi connectivity index (χ4n) is 3.12. The quantitative estimate of drug-likeness (QED) is 0.631. The van der Waals surface area contributed by atoms with E-state index in [-0.39, 0.29) is 5.91 Å². The Bertz CT molecular complexity index is 892. The zero-order valence-electron chi connectivity index (χ0n) is 16.4. The van der Waals surface area contributed by atoms with Gasteiger partial charge >= 0.3 is 0 Å². The van der Waals surface area contributed by atoms with Gasteiger partial charge in [0.1, 0.15) is 12.4 Å². The average molecular weight is 374 g/mol. The molecule has 0 aliphatic heterocycles. The van der Waals surface area contributed by atoms with Crippen LogP contribution in [0, 0.1) is 0 Å². The van der Waals surface area contributed by atoms with Gasteiger partial charge in [-0.3, -0.25) is 4.79 Å². The van der Waals surface area contributed by atoms with Gasteiger partial charge in [-0.15, -0.1) is 0 Å². The van der Waals surface area contributed by atoms with E-state index in [0.29, 0.717) is 13.2 Å². The molecule has 0 heterocycles. The van der Waals surface area contributed by atoms with E-state index >= 15 is 0 Å². The summed E-state index contributed by atoms with van der Waals surface area (Å²) in [6.45, 7) is 3.45. The minimum Gasteiger partial charge on any atom is -0.489 e. The molecule has 3 rings (SSSR count). The van der Waals surface area contributed by atoms with Crippen LogP contribution in [-0.2, 0) is 11.4 Å². The molecule has 0 radical (unpaired) electrons. The summed E-state index contributed by atoms with van der Waals surface area (Å²) in [6, 6.07) is 26.3. The highest BCUT2D eigenvalue weighted by Gasteiger charge is 2.11. The smallest absolute Gasteiger partial charge is 0.223 e. The lowest BCUT2D eigenvalue weighted by Crippen LogP contribution is -2.34. The topological polar surface area (TPSA) is 41.6 Å². The fourth-order valence-corrected chi connectivity index (χ4v) is 3.12. The summed E-state index contributed by atoms with van der Waals surface area (Å²) in [7, 11) is 1.88. The van der Waals surface area contributed by atoms with Crippen molar-refractivity contribution in [2.75, 3.05) is 25.0 Å². The maximum absolute atomic E-state index is 11.9. The number of anilines is 1. The third kappa shape index (κ3) is 4.99. The van der Waals surface area contributed by atoms with Crippen LogP contribution in [0.4, 0.5) is 5.69 Å². The van der Waals surface area contributed by atoms with Crippen LogP contribution in [-0.4, -0.2) is 26.0 Å². The molecule has 0 aliphatic carbocycles. The SMILES string of the molecule is CNCCN(C(C)=O)c1ccc(OCc2ccccc2-c2ccccc2)cc1. The Morgan fingerprint density at radius 2 is 1.61 bits per heavy atom. The van der Waals surface area contributed by atoms with E-state index in [0.717, 1.165) is 23.5 Å². The third-order valence-electron chi connectivity index (χ3n) is 4.61. The van der Waals surface area contributed by atoms with E-state index in [9.17, 15) is 4.79 Å². The predicted molar refractivity (Wildman–Crippen MR) is 115 cm³/mol. The molecule has 0 atom stereocenters. The van der Waals surface area contributed by atoms with Crippen molar-refractivity contribution in [3.05, 3.63) is 84.4 Å². The number of nitrogens with one attached hydrogen (secondary N) is 1. The lowest BCUT2D eigenvalue weighted by Gasteiger charge is -2.21. The van der Waals surface area contributed by atoms with Crippen molar-refractivity contribution in [1.29, 1.82) is 0 Å². The van der Waals surface area contributed by atoms with Crippen molar-refractivity contribution < 1.29 is 9.53 Å². The number of benzene rings is 3. The molecule has 0 bridgehead atoms. The van der Waals surface area contributed by atoms with Gasteiger partial charge in [-0.05, 0) is 48.0 Å². The number of ether oxygens (including phenoxy) is 1. The van der Waals surface area contributed by atoms with E-state index in [2.05, 4.69) is 29.6 Å². The van der Waals surface area contributed by atoms with Gasteiger partial charge in [0, 0.05) is 25.7 Å². The van der Waals surface area contributed by atoms with Crippen LogP contribution in [0.3, 0.4) is 0 Å². The number of hydrogen-bond acceptors (Lipinski definition) is 3. The molecule has 4 heteroatoms. The van der Waals surface area contributed by atoms with Gasteiger partial charge in [-0.1, -0.05) is 54.6 Å². The minimum absolute atomic E-state index is 0.0284. The van der Waals surface area contributed by atoms with E-state index in [1.165, 1.54) is 11.1 Å².